The van der Waals surface area contributed by atoms with E-state index in [2.05, 4.69) is 10.3 Å². The number of halogens is 1. The number of hydrogen-bond acceptors (Lipinski definition) is 4. The smallest absolute Gasteiger partial charge is 0.126 e. The van der Waals surface area contributed by atoms with Crippen molar-refractivity contribution in [3.8, 4) is 5.75 Å². The molecule has 5 heteroatoms. The molecule has 1 aromatic carbocycles. The summed E-state index contributed by atoms with van der Waals surface area (Å²) in [5, 5.41) is 3.13. The van der Waals surface area contributed by atoms with Gasteiger partial charge in [-0.1, -0.05) is 0 Å². The maximum atomic E-state index is 13.8. The normalized spacial score (nSPS) is 12.4. The van der Waals surface area contributed by atoms with Gasteiger partial charge in [0.2, 0.25) is 0 Å². The standard InChI is InChI=1S/C16H21FN2OS/c1-10-7-15(13(8-14(10)17)11(2)18-4)20-6-5-16-12(3)19-9-21-16/h7-9,11,18H,5-6H2,1-4H3. The number of thiazole rings is 1. The van der Waals surface area contributed by atoms with Crippen molar-refractivity contribution in [3.63, 3.8) is 0 Å². The zero-order valence-electron chi connectivity index (χ0n) is 12.9. The monoisotopic (exact) mass is 308 g/mol. The van der Waals surface area contributed by atoms with E-state index in [0.29, 0.717) is 12.2 Å². The SMILES string of the molecule is CNC(C)c1cc(F)c(C)cc1OCCc1scnc1C. The van der Waals surface area contributed by atoms with Gasteiger partial charge in [-0.2, -0.15) is 0 Å². The van der Waals surface area contributed by atoms with E-state index in [0.717, 1.165) is 23.4 Å². The van der Waals surface area contributed by atoms with Crippen LogP contribution in [0.5, 0.6) is 5.75 Å². The van der Waals surface area contributed by atoms with Crippen LogP contribution in [0.25, 0.3) is 0 Å². The van der Waals surface area contributed by atoms with E-state index >= 15 is 0 Å². The summed E-state index contributed by atoms with van der Waals surface area (Å²) in [6.07, 6.45) is 0.820. The molecule has 1 aromatic heterocycles. The zero-order valence-corrected chi connectivity index (χ0v) is 13.7. The van der Waals surface area contributed by atoms with Crippen LogP contribution in [-0.2, 0) is 6.42 Å². The molecule has 0 saturated heterocycles. The predicted octanol–water partition coefficient (Wildman–Crippen LogP) is 3.80. The number of hydrogen-bond donors (Lipinski definition) is 1. The Balaban J connectivity index is 2.11. The average molecular weight is 308 g/mol. The summed E-state index contributed by atoms with van der Waals surface area (Å²) in [4.78, 5) is 5.46. The summed E-state index contributed by atoms with van der Waals surface area (Å²) in [7, 11) is 1.85. The molecule has 0 aliphatic rings. The van der Waals surface area contributed by atoms with E-state index in [4.69, 9.17) is 4.74 Å². The Labute approximate surface area is 129 Å². The lowest BCUT2D eigenvalue weighted by molar-refractivity contribution is 0.315. The third kappa shape index (κ3) is 3.80. The molecule has 0 fully saturated rings. The molecule has 3 nitrogen and oxygen atoms in total. The first-order valence-corrected chi connectivity index (χ1v) is 7.90. The highest BCUT2D eigenvalue weighted by molar-refractivity contribution is 7.09. The van der Waals surface area contributed by atoms with Crippen molar-refractivity contribution >= 4 is 11.3 Å². The molecule has 0 radical (unpaired) electrons. The fourth-order valence-corrected chi connectivity index (χ4v) is 2.87. The molecule has 2 rings (SSSR count). The lowest BCUT2D eigenvalue weighted by atomic mass is 10.0. The topological polar surface area (TPSA) is 34.1 Å². The van der Waals surface area contributed by atoms with Gasteiger partial charge in [-0.05, 0) is 45.5 Å². The minimum Gasteiger partial charge on any atom is -0.493 e. The summed E-state index contributed by atoms with van der Waals surface area (Å²) < 4.78 is 19.7. The van der Waals surface area contributed by atoms with E-state index in [1.165, 1.54) is 4.88 Å². The fraction of sp³-hybridized carbons (Fsp3) is 0.438. The van der Waals surface area contributed by atoms with Crippen molar-refractivity contribution in [2.24, 2.45) is 0 Å². The largest absolute Gasteiger partial charge is 0.493 e. The molecule has 0 amide bonds. The summed E-state index contributed by atoms with van der Waals surface area (Å²) >= 11 is 1.64. The highest BCUT2D eigenvalue weighted by Gasteiger charge is 2.14. The summed E-state index contributed by atoms with van der Waals surface area (Å²) in [6.45, 7) is 6.31. The van der Waals surface area contributed by atoms with Gasteiger partial charge >= 0.3 is 0 Å². The number of benzene rings is 1. The lowest BCUT2D eigenvalue weighted by Gasteiger charge is -2.17. The fourth-order valence-electron chi connectivity index (χ4n) is 2.11. The highest BCUT2D eigenvalue weighted by atomic mass is 32.1. The van der Waals surface area contributed by atoms with Crippen LogP contribution in [0.3, 0.4) is 0 Å². The molecule has 2 aromatic rings. The minimum atomic E-state index is -0.197. The molecule has 1 atom stereocenters. The van der Waals surface area contributed by atoms with E-state index in [1.54, 1.807) is 30.4 Å². The number of ether oxygens (including phenoxy) is 1. The Bertz CT molecular complexity index is 612. The van der Waals surface area contributed by atoms with Crippen LogP contribution in [0.2, 0.25) is 0 Å². The maximum Gasteiger partial charge on any atom is 0.126 e. The lowest BCUT2D eigenvalue weighted by Crippen LogP contribution is -2.15. The second-order valence-electron chi connectivity index (χ2n) is 5.11. The molecule has 0 aliphatic carbocycles. The molecule has 114 valence electrons. The van der Waals surface area contributed by atoms with Crippen LogP contribution in [0.1, 0.15) is 34.7 Å². The predicted molar refractivity (Wildman–Crippen MR) is 84.7 cm³/mol. The molecule has 0 aliphatic heterocycles. The molecule has 0 bridgehead atoms. The molecule has 0 saturated carbocycles. The van der Waals surface area contributed by atoms with Gasteiger partial charge < -0.3 is 10.1 Å². The van der Waals surface area contributed by atoms with Crippen molar-refractivity contribution in [2.45, 2.75) is 33.2 Å². The van der Waals surface area contributed by atoms with Gasteiger partial charge in [0, 0.05) is 22.9 Å². The van der Waals surface area contributed by atoms with Crippen LogP contribution in [-0.4, -0.2) is 18.6 Å². The Morgan fingerprint density at radius 2 is 2.14 bits per heavy atom. The van der Waals surface area contributed by atoms with E-state index < -0.39 is 0 Å². The Hall–Kier alpha value is -1.46. The molecule has 0 spiro atoms. The van der Waals surface area contributed by atoms with Crippen molar-refractivity contribution in [1.29, 1.82) is 0 Å². The van der Waals surface area contributed by atoms with E-state index in [-0.39, 0.29) is 11.9 Å². The van der Waals surface area contributed by atoms with Gasteiger partial charge in [0.25, 0.3) is 0 Å². The summed E-state index contributed by atoms with van der Waals surface area (Å²) in [5.41, 5.74) is 4.36. The van der Waals surface area contributed by atoms with E-state index in [9.17, 15) is 4.39 Å². The van der Waals surface area contributed by atoms with Crippen LogP contribution in [0.4, 0.5) is 4.39 Å². The van der Waals surface area contributed by atoms with E-state index in [1.807, 2.05) is 26.4 Å². The Kier molecular flexibility index (Phi) is 5.31. The quantitative estimate of drug-likeness (QED) is 0.881. The first kappa shape index (κ1) is 15.9. The van der Waals surface area contributed by atoms with Crippen molar-refractivity contribution < 1.29 is 9.13 Å². The van der Waals surface area contributed by atoms with Gasteiger partial charge in [-0.15, -0.1) is 11.3 Å². The summed E-state index contributed by atoms with van der Waals surface area (Å²) in [5.74, 6) is 0.552. The van der Waals surface area contributed by atoms with Gasteiger partial charge in [-0.25, -0.2) is 9.37 Å². The van der Waals surface area contributed by atoms with Gasteiger partial charge in [0.05, 0.1) is 17.8 Å². The second kappa shape index (κ2) is 7.00. The molecule has 1 unspecified atom stereocenters. The molecule has 1 heterocycles. The number of rotatable bonds is 6. The number of nitrogens with zero attached hydrogens (tertiary/aromatic N) is 1. The van der Waals surface area contributed by atoms with Gasteiger partial charge in [-0.3, -0.25) is 0 Å². The third-order valence-corrected chi connectivity index (χ3v) is 4.62. The minimum absolute atomic E-state index is 0.0419. The molecular weight excluding hydrogens is 287 g/mol. The summed E-state index contributed by atoms with van der Waals surface area (Å²) in [6, 6.07) is 3.38. The third-order valence-electron chi connectivity index (χ3n) is 3.62. The first-order valence-electron chi connectivity index (χ1n) is 7.02. The van der Waals surface area contributed by atoms with Crippen LogP contribution >= 0.6 is 11.3 Å². The van der Waals surface area contributed by atoms with Crippen LogP contribution in [0.15, 0.2) is 17.6 Å². The van der Waals surface area contributed by atoms with Gasteiger partial charge in [0.15, 0.2) is 0 Å². The average Bonchev–Trinajstić information content (AvgIpc) is 2.87. The number of aromatic nitrogens is 1. The van der Waals surface area contributed by atoms with Crippen molar-refractivity contribution in [1.82, 2.24) is 10.3 Å². The molecule has 1 N–H and O–H groups in total. The number of nitrogens with one attached hydrogen (secondary N) is 1. The second-order valence-corrected chi connectivity index (χ2v) is 6.05. The highest BCUT2D eigenvalue weighted by Crippen LogP contribution is 2.28. The Morgan fingerprint density at radius 1 is 1.38 bits per heavy atom. The van der Waals surface area contributed by atoms with Gasteiger partial charge in [0.1, 0.15) is 11.6 Å². The first-order chi connectivity index (χ1) is 10.0. The van der Waals surface area contributed by atoms with Crippen molar-refractivity contribution in [3.05, 3.63) is 45.2 Å². The maximum absolute atomic E-state index is 13.8. The zero-order chi connectivity index (χ0) is 15.4. The Morgan fingerprint density at radius 3 is 2.76 bits per heavy atom. The molecular formula is C16H21FN2OS. The van der Waals surface area contributed by atoms with Crippen LogP contribution in [0, 0.1) is 19.7 Å². The molecule has 21 heavy (non-hydrogen) atoms. The van der Waals surface area contributed by atoms with Crippen molar-refractivity contribution in [2.75, 3.05) is 13.7 Å². The van der Waals surface area contributed by atoms with Crippen LogP contribution < -0.4 is 10.1 Å². The number of aryl methyl sites for hydroxylation is 2.